The van der Waals surface area contributed by atoms with Gasteiger partial charge >= 0.3 is 0 Å². The van der Waals surface area contributed by atoms with Crippen molar-refractivity contribution >= 4 is 17.3 Å². The molecule has 1 heterocycles. The number of carbonyl (C=O) groups excluding carboxylic acids is 1. The fourth-order valence-electron chi connectivity index (χ4n) is 1.71. The van der Waals surface area contributed by atoms with Gasteiger partial charge in [-0.15, -0.1) is 0 Å². The maximum atomic E-state index is 12.0. The summed E-state index contributed by atoms with van der Waals surface area (Å²) < 4.78 is 5.29. The van der Waals surface area contributed by atoms with E-state index in [1.807, 2.05) is 0 Å². The van der Waals surface area contributed by atoms with E-state index in [-0.39, 0.29) is 11.7 Å². The van der Waals surface area contributed by atoms with Crippen LogP contribution >= 0.6 is 0 Å². The Morgan fingerprint density at radius 2 is 2.06 bits per heavy atom. The summed E-state index contributed by atoms with van der Waals surface area (Å²) >= 11 is 0. The Labute approximate surface area is 104 Å². The van der Waals surface area contributed by atoms with Crippen LogP contribution in [0.4, 0.5) is 11.4 Å². The summed E-state index contributed by atoms with van der Waals surface area (Å²) in [5.41, 5.74) is 6.93. The lowest BCUT2D eigenvalue weighted by Gasteiger charge is -2.07. The van der Waals surface area contributed by atoms with Crippen molar-refractivity contribution in [3.05, 3.63) is 41.3 Å². The Morgan fingerprint density at radius 1 is 1.33 bits per heavy atom. The number of rotatable bonds is 2. The summed E-state index contributed by atoms with van der Waals surface area (Å²) in [6.07, 6.45) is 0. The molecule has 0 saturated heterocycles. The molecule has 5 nitrogen and oxygen atoms in total. The molecule has 18 heavy (non-hydrogen) atoms. The van der Waals surface area contributed by atoms with E-state index < -0.39 is 0 Å². The van der Waals surface area contributed by atoms with E-state index in [4.69, 9.17) is 10.2 Å². The predicted molar refractivity (Wildman–Crippen MR) is 68.7 cm³/mol. The number of phenols is 1. The van der Waals surface area contributed by atoms with Crippen molar-refractivity contribution in [2.45, 2.75) is 13.8 Å². The van der Waals surface area contributed by atoms with Crippen molar-refractivity contribution in [2.75, 3.05) is 11.1 Å². The van der Waals surface area contributed by atoms with Gasteiger partial charge in [-0.05, 0) is 32.0 Å². The highest BCUT2D eigenvalue weighted by Crippen LogP contribution is 2.24. The molecule has 0 saturated carbocycles. The number of nitrogens with two attached hydrogens (primary N) is 1. The second-order valence-corrected chi connectivity index (χ2v) is 4.05. The Balaban J connectivity index is 2.24. The normalized spacial score (nSPS) is 10.3. The van der Waals surface area contributed by atoms with Crippen molar-refractivity contribution < 1.29 is 14.3 Å². The Hall–Kier alpha value is -2.43. The largest absolute Gasteiger partial charge is 0.508 e. The summed E-state index contributed by atoms with van der Waals surface area (Å²) in [4.78, 5) is 12.0. The van der Waals surface area contributed by atoms with Crippen LogP contribution in [0, 0.1) is 13.8 Å². The van der Waals surface area contributed by atoms with Gasteiger partial charge in [0.1, 0.15) is 17.3 Å². The van der Waals surface area contributed by atoms with Gasteiger partial charge in [0.25, 0.3) is 5.91 Å². The number of hydrogen-bond donors (Lipinski definition) is 3. The second kappa shape index (κ2) is 4.44. The first-order valence-corrected chi connectivity index (χ1v) is 5.44. The third kappa shape index (κ3) is 2.29. The van der Waals surface area contributed by atoms with Crippen LogP contribution in [0.5, 0.6) is 5.75 Å². The zero-order valence-electron chi connectivity index (χ0n) is 10.2. The molecule has 0 aliphatic heterocycles. The van der Waals surface area contributed by atoms with E-state index in [0.29, 0.717) is 28.5 Å². The molecule has 0 spiro atoms. The van der Waals surface area contributed by atoms with Crippen LogP contribution in [0.1, 0.15) is 21.9 Å². The standard InChI is InChI=1S/C13H14N2O3/c1-7-5-10(8(2)18-7)13(17)15-12-4-3-9(16)6-11(12)14/h3-6,16H,14H2,1-2H3,(H,15,17). The molecule has 4 N–H and O–H groups in total. The van der Waals surface area contributed by atoms with Crippen molar-refractivity contribution in [3.8, 4) is 5.75 Å². The number of phenolic OH excluding ortho intramolecular Hbond substituents is 1. The number of furan rings is 1. The number of nitrogens with one attached hydrogen (secondary N) is 1. The number of amides is 1. The van der Waals surface area contributed by atoms with Gasteiger partial charge in [-0.2, -0.15) is 0 Å². The molecule has 1 aromatic carbocycles. The van der Waals surface area contributed by atoms with E-state index in [9.17, 15) is 9.90 Å². The summed E-state index contributed by atoms with van der Waals surface area (Å²) in [5, 5.41) is 11.9. The molecule has 0 aliphatic rings. The van der Waals surface area contributed by atoms with E-state index in [2.05, 4.69) is 5.32 Å². The van der Waals surface area contributed by atoms with Gasteiger partial charge in [-0.3, -0.25) is 4.79 Å². The summed E-state index contributed by atoms with van der Waals surface area (Å²) in [7, 11) is 0. The minimum atomic E-state index is -0.290. The number of anilines is 2. The monoisotopic (exact) mass is 246 g/mol. The van der Waals surface area contributed by atoms with Crippen molar-refractivity contribution in [1.82, 2.24) is 0 Å². The lowest BCUT2D eigenvalue weighted by atomic mass is 10.2. The quantitative estimate of drug-likeness (QED) is 0.561. The zero-order chi connectivity index (χ0) is 13.3. The average molecular weight is 246 g/mol. The van der Waals surface area contributed by atoms with Crippen molar-refractivity contribution in [1.29, 1.82) is 0 Å². The molecule has 0 atom stereocenters. The average Bonchev–Trinajstić information content (AvgIpc) is 2.62. The first-order chi connectivity index (χ1) is 8.47. The highest BCUT2D eigenvalue weighted by atomic mass is 16.3. The number of aryl methyl sites for hydroxylation is 2. The summed E-state index contributed by atoms with van der Waals surface area (Å²) in [6.45, 7) is 3.50. The van der Waals surface area contributed by atoms with Gasteiger partial charge in [-0.25, -0.2) is 0 Å². The Morgan fingerprint density at radius 3 is 2.61 bits per heavy atom. The first-order valence-electron chi connectivity index (χ1n) is 5.44. The molecule has 5 heteroatoms. The Kier molecular flexibility index (Phi) is 2.97. The highest BCUT2D eigenvalue weighted by Gasteiger charge is 2.14. The van der Waals surface area contributed by atoms with Gasteiger partial charge in [0.15, 0.2) is 0 Å². The van der Waals surface area contributed by atoms with Crippen molar-refractivity contribution in [3.63, 3.8) is 0 Å². The Bertz CT molecular complexity index is 602. The third-order valence-corrected chi connectivity index (χ3v) is 2.57. The van der Waals surface area contributed by atoms with E-state index in [1.54, 1.807) is 26.0 Å². The number of benzene rings is 1. The van der Waals surface area contributed by atoms with Gasteiger partial charge in [0.2, 0.25) is 0 Å². The van der Waals surface area contributed by atoms with E-state index in [0.717, 1.165) is 0 Å². The summed E-state index contributed by atoms with van der Waals surface area (Å²) in [6, 6.07) is 6.05. The molecule has 1 aromatic heterocycles. The van der Waals surface area contributed by atoms with Crippen molar-refractivity contribution in [2.24, 2.45) is 0 Å². The fraction of sp³-hybridized carbons (Fsp3) is 0.154. The molecular formula is C13H14N2O3. The second-order valence-electron chi connectivity index (χ2n) is 4.05. The number of aromatic hydroxyl groups is 1. The van der Waals surface area contributed by atoms with Crippen LogP contribution in [0.3, 0.4) is 0 Å². The molecule has 94 valence electrons. The van der Waals surface area contributed by atoms with Crippen LogP contribution in [-0.2, 0) is 0 Å². The van der Waals surface area contributed by atoms with Crippen LogP contribution in [0.2, 0.25) is 0 Å². The van der Waals surface area contributed by atoms with Crippen LogP contribution in [-0.4, -0.2) is 11.0 Å². The number of nitrogen functional groups attached to an aromatic ring is 1. The maximum Gasteiger partial charge on any atom is 0.259 e. The molecule has 0 radical (unpaired) electrons. The first kappa shape index (κ1) is 12.0. The van der Waals surface area contributed by atoms with Crippen LogP contribution in [0.15, 0.2) is 28.7 Å². The molecule has 2 aromatic rings. The maximum absolute atomic E-state index is 12.0. The molecule has 1 amide bonds. The topological polar surface area (TPSA) is 88.5 Å². The molecule has 0 unspecified atom stereocenters. The highest BCUT2D eigenvalue weighted by molar-refractivity contribution is 6.06. The van der Waals surface area contributed by atoms with Gasteiger partial charge in [0.05, 0.1) is 16.9 Å². The molecule has 0 fully saturated rings. The van der Waals surface area contributed by atoms with Gasteiger partial charge in [0, 0.05) is 6.07 Å². The van der Waals surface area contributed by atoms with Crippen LogP contribution in [0.25, 0.3) is 0 Å². The molecule has 2 rings (SSSR count). The van der Waals surface area contributed by atoms with Gasteiger partial charge in [-0.1, -0.05) is 0 Å². The molecular weight excluding hydrogens is 232 g/mol. The summed E-state index contributed by atoms with van der Waals surface area (Å²) in [5.74, 6) is 1.00. The molecule has 0 bridgehead atoms. The third-order valence-electron chi connectivity index (χ3n) is 2.57. The molecule has 0 aliphatic carbocycles. The zero-order valence-corrected chi connectivity index (χ0v) is 10.2. The smallest absolute Gasteiger partial charge is 0.259 e. The van der Waals surface area contributed by atoms with E-state index in [1.165, 1.54) is 12.1 Å². The lowest BCUT2D eigenvalue weighted by molar-refractivity contribution is 0.102. The lowest BCUT2D eigenvalue weighted by Crippen LogP contribution is -2.13. The fourth-order valence-corrected chi connectivity index (χ4v) is 1.71. The number of carbonyl (C=O) groups is 1. The minimum Gasteiger partial charge on any atom is -0.508 e. The van der Waals surface area contributed by atoms with E-state index >= 15 is 0 Å². The predicted octanol–water partition coefficient (Wildman–Crippen LogP) is 2.44. The van der Waals surface area contributed by atoms with Gasteiger partial charge < -0.3 is 20.6 Å². The van der Waals surface area contributed by atoms with Crippen LogP contribution < -0.4 is 11.1 Å². The SMILES string of the molecule is Cc1cc(C(=O)Nc2ccc(O)cc2N)c(C)o1. The number of hydrogen-bond acceptors (Lipinski definition) is 4. The minimum absolute atomic E-state index is 0.0563.